The minimum Gasteiger partial charge on any atom is -0.497 e. The topological polar surface area (TPSA) is 9.23 Å². The Balaban J connectivity index is 3.09. The molecular formula is C9H9IO. The van der Waals surface area contributed by atoms with Crippen LogP contribution in [0.4, 0.5) is 0 Å². The fourth-order valence-electron chi connectivity index (χ4n) is 0.800. The number of halogens is 1. The Labute approximate surface area is 80.2 Å². The molecule has 0 N–H and O–H groups in total. The molecule has 0 saturated carbocycles. The summed E-state index contributed by atoms with van der Waals surface area (Å²) in [5.74, 6) is 0.889. The van der Waals surface area contributed by atoms with Crippen LogP contribution >= 0.6 is 22.6 Å². The third kappa shape index (κ3) is 1.96. The molecule has 1 rings (SSSR count). The fraction of sp³-hybridized carbons (Fsp3) is 0.111. The average molecular weight is 260 g/mol. The lowest BCUT2D eigenvalue weighted by molar-refractivity contribution is 0.414. The van der Waals surface area contributed by atoms with Crippen molar-refractivity contribution in [1.82, 2.24) is 0 Å². The van der Waals surface area contributed by atoms with Gasteiger partial charge in [0, 0.05) is 3.57 Å². The molecule has 0 bridgehead atoms. The van der Waals surface area contributed by atoms with Gasteiger partial charge in [-0.1, -0.05) is 18.7 Å². The number of ether oxygens (including phenoxy) is 1. The zero-order chi connectivity index (χ0) is 8.27. The lowest BCUT2D eigenvalue weighted by Gasteiger charge is -2.01. The second kappa shape index (κ2) is 3.76. The molecule has 0 aliphatic heterocycles. The summed E-state index contributed by atoms with van der Waals surface area (Å²) in [5, 5.41) is 0. The molecule has 0 radical (unpaired) electrons. The van der Waals surface area contributed by atoms with Crippen LogP contribution in [-0.2, 0) is 0 Å². The minimum atomic E-state index is 0.889. The van der Waals surface area contributed by atoms with Crippen molar-refractivity contribution >= 4 is 28.7 Å². The van der Waals surface area contributed by atoms with E-state index in [1.165, 1.54) is 0 Å². The van der Waals surface area contributed by atoms with Crippen LogP contribution in [0.15, 0.2) is 24.8 Å². The average Bonchev–Trinajstić information content (AvgIpc) is 2.04. The molecule has 0 aliphatic rings. The summed E-state index contributed by atoms with van der Waals surface area (Å²) < 4.78 is 6.22. The molecule has 1 nitrogen and oxygen atoms in total. The summed E-state index contributed by atoms with van der Waals surface area (Å²) in [6, 6.07) is 5.91. The van der Waals surface area contributed by atoms with E-state index in [2.05, 4.69) is 29.2 Å². The first-order valence-electron chi connectivity index (χ1n) is 3.24. The molecule has 2 heteroatoms. The first-order chi connectivity index (χ1) is 5.27. The van der Waals surface area contributed by atoms with Gasteiger partial charge in [0.2, 0.25) is 0 Å². The molecule has 1 aromatic rings. The Bertz CT molecular complexity index is 268. The largest absolute Gasteiger partial charge is 0.497 e. The molecule has 0 fully saturated rings. The minimum absolute atomic E-state index is 0.889. The molecule has 0 saturated heterocycles. The van der Waals surface area contributed by atoms with E-state index in [9.17, 15) is 0 Å². The van der Waals surface area contributed by atoms with Gasteiger partial charge in [0.1, 0.15) is 5.75 Å². The summed E-state index contributed by atoms with van der Waals surface area (Å²) in [4.78, 5) is 0. The zero-order valence-corrected chi connectivity index (χ0v) is 8.46. The molecule has 0 atom stereocenters. The van der Waals surface area contributed by atoms with E-state index in [0.717, 1.165) is 14.9 Å². The Morgan fingerprint density at radius 2 is 2.27 bits per heavy atom. The van der Waals surface area contributed by atoms with Crippen molar-refractivity contribution < 1.29 is 4.74 Å². The monoisotopic (exact) mass is 260 g/mol. The van der Waals surface area contributed by atoms with E-state index in [1.807, 2.05) is 24.3 Å². The SMILES string of the molecule is C=Cc1ccc(OC)cc1I. The lowest BCUT2D eigenvalue weighted by Crippen LogP contribution is -1.85. The van der Waals surface area contributed by atoms with Crippen molar-refractivity contribution in [3.63, 3.8) is 0 Å². The first-order valence-corrected chi connectivity index (χ1v) is 4.32. The summed E-state index contributed by atoms with van der Waals surface area (Å²) in [5.41, 5.74) is 1.14. The van der Waals surface area contributed by atoms with Crippen LogP contribution in [0.3, 0.4) is 0 Å². The van der Waals surface area contributed by atoms with Gasteiger partial charge in [-0.25, -0.2) is 0 Å². The molecule has 0 amide bonds. The summed E-state index contributed by atoms with van der Waals surface area (Å²) >= 11 is 2.26. The molecule has 0 aliphatic carbocycles. The molecule has 0 heterocycles. The fourth-order valence-corrected chi connectivity index (χ4v) is 1.51. The lowest BCUT2D eigenvalue weighted by atomic mass is 10.2. The Kier molecular flexibility index (Phi) is 2.93. The van der Waals surface area contributed by atoms with Gasteiger partial charge in [0.15, 0.2) is 0 Å². The van der Waals surface area contributed by atoms with Gasteiger partial charge in [0.05, 0.1) is 7.11 Å². The predicted octanol–water partition coefficient (Wildman–Crippen LogP) is 2.94. The maximum absolute atomic E-state index is 5.06. The van der Waals surface area contributed by atoms with Crippen LogP contribution < -0.4 is 4.74 Å². The maximum Gasteiger partial charge on any atom is 0.119 e. The van der Waals surface area contributed by atoms with Crippen molar-refractivity contribution in [1.29, 1.82) is 0 Å². The third-order valence-electron chi connectivity index (χ3n) is 1.43. The standard InChI is InChI=1S/C9H9IO/c1-3-7-4-5-8(11-2)6-9(7)10/h3-6H,1H2,2H3. The van der Waals surface area contributed by atoms with Crippen LogP contribution in [-0.4, -0.2) is 7.11 Å². The van der Waals surface area contributed by atoms with E-state index in [0.29, 0.717) is 0 Å². The predicted molar refractivity (Wildman–Crippen MR) is 55.8 cm³/mol. The highest BCUT2D eigenvalue weighted by Crippen LogP contribution is 2.19. The van der Waals surface area contributed by atoms with Gasteiger partial charge in [-0.05, 0) is 40.3 Å². The Morgan fingerprint density at radius 3 is 2.73 bits per heavy atom. The summed E-state index contributed by atoms with van der Waals surface area (Å²) in [6.45, 7) is 3.70. The van der Waals surface area contributed by atoms with Gasteiger partial charge in [-0.2, -0.15) is 0 Å². The molecule has 11 heavy (non-hydrogen) atoms. The highest BCUT2D eigenvalue weighted by molar-refractivity contribution is 14.1. The van der Waals surface area contributed by atoms with Crippen molar-refractivity contribution in [3.8, 4) is 5.75 Å². The normalized spacial score (nSPS) is 9.27. The van der Waals surface area contributed by atoms with Crippen molar-refractivity contribution in [2.24, 2.45) is 0 Å². The van der Waals surface area contributed by atoms with Crippen LogP contribution in [0, 0.1) is 3.57 Å². The molecule has 58 valence electrons. The van der Waals surface area contributed by atoms with Crippen molar-refractivity contribution in [2.45, 2.75) is 0 Å². The summed E-state index contributed by atoms with van der Waals surface area (Å²) in [7, 11) is 1.67. The third-order valence-corrected chi connectivity index (χ3v) is 2.36. The van der Waals surface area contributed by atoms with Crippen LogP contribution in [0.2, 0.25) is 0 Å². The van der Waals surface area contributed by atoms with Gasteiger partial charge in [-0.15, -0.1) is 0 Å². The van der Waals surface area contributed by atoms with E-state index in [-0.39, 0.29) is 0 Å². The number of benzene rings is 1. The van der Waals surface area contributed by atoms with Gasteiger partial charge >= 0.3 is 0 Å². The number of hydrogen-bond acceptors (Lipinski definition) is 1. The number of methoxy groups -OCH3 is 1. The van der Waals surface area contributed by atoms with Crippen LogP contribution in [0.5, 0.6) is 5.75 Å². The first kappa shape index (κ1) is 8.59. The van der Waals surface area contributed by atoms with Gasteiger partial charge in [0.25, 0.3) is 0 Å². The van der Waals surface area contributed by atoms with Gasteiger partial charge < -0.3 is 4.74 Å². The van der Waals surface area contributed by atoms with Gasteiger partial charge in [-0.3, -0.25) is 0 Å². The quantitative estimate of drug-likeness (QED) is 0.743. The number of rotatable bonds is 2. The Hall–Kier alpha value is -0.510. The van der Waals surface area contributed by atoms with E-state index in [4.69, 9.17) is 4.74 Å². The van der Waals surface area contributed by atoms with E-state index < -0.39 is 0 Å². The molecular weight excluding hydrogens is 251 g/mol. The highest BCUT2D eigenvalue weighted by atomic mass is 127. The summed E-state index contributed by atoms with van der Waals surface area (Å²) in [6.07, 6.45) is 1.83. The maximum atomic E-state index is 5.06. The Morgan fingerprint density at radius 1 is 1.55 bits per heavy atom. The molecule has 0 unspecified atom stereocenters. The molecule has 1 aromatic carbocycles. The van der Waals surface area contributed by atoms with Crippen LogP contribution in [0.25, 0.3) is 6.08 Å². The van der Waals surface area contributed by atoms with E-state index >= 15 is 0 Å². The second-order valence-electron chi connectivity index (χ2n) is 2.09. The highest BCUT2D eigenvalue weighted by Gasteiger charge is 1.96. The second-order valence-corrected chi connectivity index (χ2v) is 3.25. The van der Waals surface area contributed by atoms with Crippen LogP contribution in [0.1, 0.15) is 5.56 Å². The number of hydrogen-bond donors (Lipinski definition) is 0. The van der Waals surface area contributed by atoms with Crippen molar-refractivity contribution in [2.75, 3.05) is 7.11 Å². The van der Waals surface area contributed by atoms with E-state index in [1.54, 1.807) is 7.11 Å². The zero-order valence-electron chi connectivity index (χ0n) is 6.30. The molecule has 0 spiro atoms. The van der Waals surface area contributed by atoms with Crippen molar-refractivity contribution in [3.05, 3.63) is 33.9 Å². The molecule has 0 aromatic heterocycles. The smallest absolute Gasteiger partial charge is 0.119 e.